The summed E-state index contributed by atoms with van der Waals surface area (Å²) in [6.45, 7) is 4.92. The fourth-order valence-corrected chi connectivity index (χ4v) is 9.77. The molecule has 1 aromatic heterocycles. The van der Waals surface area contributed by atoms with Crippen LogP contribution in [0.15, 0.2) is 29.4 Å². The molecule has 5 fully saturated rings. The van der Waals surface area contributed by atoms with Crippen molar-refractivity contribution in [1.82, 2.24) is 10.3 Å². The lowest BCUT2D eigenvalue weighted by Crippen LogP contribution is -2.65. The SMILES string of the molecule is C[C@]12CCC(=O)NC1C1(CC1)CC1C2CC[C@@]2(C)C1CC[C@@H]2C(=O)Sc1ccccn1. The van der Waals surface area contributed by atoms with E-state index in [1.54, 1.807) is 6.20 Å². The molecule has 1 spiro atoms. The smallest absolute Gasteiger partial charge is 0.220 e. The van der Waals surface area contributed by atoms with Crippen molar-refractivity contribution in [3.05, 3.63) is 24.4 Å². The highest BCUT2D eigenvalue weighted by molar-refractivity contribution is 8.13. The van der Waals surface area contributed by atoms with E-state index in [1.165, 1.54) is 43.9 Å². The summed E-state index contributed by atoms with van der Waals surface area (Å²) in [5.74, 6) is 2.48. The van der Waals surface area contributed by atoms with Gasteiger partial charge in [0.15, 0.2) is 5.12 Å². The first kappa shape index (κ1) is 20.3. The first-order valence-electron chi connectivity index (χ1n) is 12.3. The van der Waals surface area contributed by atoms with E-state index in [4.69, 9.17) is 0 Å². The van der Waals surface area contributed by atoms with E-state index in [1.807, 2.05) is 18.2 Å². The average Bonchev–Trinajstić information content (AvgIpc) is 3.42. The van der Waals surface area contributed by atoms with E-state index >= 15 is 0 Å². The molecule has 166 valence electrons. The van der Waals surface area contributed by atoms with Crippen LogP contribution in [0.4, 0.5) is 0 Å². The first-order chi connectivity index (χ1) is 14.9. The summed E-state index contributed by atoms with van der Waals surface area (Å²) in [4.78, 5) is 30.0. The molecule has 5 aliphatic rings. The maximum Gasteiger partial charge on any atom is 0.220 e. The number of hydrogen-bond donors (Lipinski definition) is 1. The molecule has 4 saturated carbocycles. The minimum absolute atomic E-state index is 0.122. The third kappa shape index (κ3) is 2.91. The zero-order chi connectivity index (χ0) is 21.4. The average molecular weight is 439 g/mol. The summed E-state index contributed by atoms with van der Waals surface area (Å²) in [6.07, 6.45) is 11.9. The van der Waals surface area contributed by atoms with Gasteiger partial charge in [0, 0.05) is 24.6 Å². The second kappa shape index (κ2) is 6.82. The number of rotatable bonds is 2. The molecule has 1 N–H and O–H groups in total. The molecular formula is C26H34N2O2S. The molecule has 2 heterocycles. The van der Waals surface area contributed by atoms with Crippen molar-refractivity contribution >= 4 is 22.8 Å². The standard InChI is InChI=1S/C26H34N2O2S/c1-24-10-8-18-16(15-26(12-13-26)23-25(18,2)11-9-20(29)28-23)17(24)6-7-19(24)22(30)31-21-5-3-4-14-27-21/h3-5,14,16-19,23H,6-13,15H2,1-2H3,(H,28,29)/t16?,17?,18?,19-,23?,24+,25-/m1/s1. The Morgan fingerprint density at radius 1 is 1.06 bits per heavy atom. The van der Waals surface area contributed by atoms with Crippen LogP contribution >= 0.6 is 11.8 Å². The van der Waals surface area contributed by atoms with Gasteiger partial charge in [-0.2, -0.15) is 0 Å². The first-order valence-corrected chi connectivity index (χ1v) is 13.1. The molecule has 0 bridgehead atoms. The van der Waals surface area contributed by atoms with Gasteiger partial charge in [-0.15, -0.1) is 0 Å². The third-order valence-electron chi connectivity index (χ3n) is 10.4. The number of piperidine rings is 1. The summed E-state index contributed by atoms with van der Waals surface area (Å²) in [5.41, 5.74) is 0.700. The fraction of sp³-hybridized carbons (Fsp3) is 0.731. The van der Waals surface area contributed by atoms with Crippen molar-refractivity contribution < 1.29 is 9.59 Å². The lowest BCUT2D eigenvalue weighted by Gasteiger charge is -2.62. The predicted octanol–water partition coefficient (Wildman–Crippen LogP) is 5.23. The van der Waals surface area contributed by atoms with Crippen LogP contribution < -0.4 is 5.32 Å². The highest BCUT2D eigenvalue weighted by Gasteiger charge is 2.69. The van der Waals surface area contributed by atoms with E-state index in [9.17, 15) is 9.59 Å². The van der Waals surface area contributed by atoms with E-state index in [0.29, 0.717) is 34.8 Å². The second-order valence-electron chi connectivity index (χ2n) is 11.7. The normalized spacial score (nSPS) is 44.7. The van der Waals surface area contributed by atoms with Gasteiger partial charge in [0.2, 0.25) is 5.91 Å². The van der Waals surface area contributed by atoms with Crippen LogP contribution in [0, 0.1) is 39.9 Å². The molecular weight excluding hydrogens is 404 g/mol. The van der Waals surface area contributed by atoms with Crippen LogP contribution in [0.2, 0.25) is 0 Å². The van der Waals surface area contributed by atoms with Crippen LogP contribution in [0.3, 0.4) is 0 Å². The number of nitrogens with zero attached hydrogens (tertiary/aromatic N) is 1. The fourth-order valence-electron chi connectivity index (χ4n) is 8.78. The molecule has 7 atom stereocenters. The summed E-state index contributed by atoms with van der Waals surface area (Å²) >= 11 is 1.36. The number of carbonyl (C=O) groups excluding carboxylic acids is 2. The number of pyridine rings is 1. The van der Waals surface area contributed by atoms with Crippen molar-refractivity contribution in [2.24, 2.45) is 39.9 Å². The van der Waals surface area contributed by atoms with Gasteiger partial charge in [-0.3, -0.25) is 9.59 Å². The topological polar surface area (TPSA) is 59.1 Å². The van der Waals surface area contributed by atoms with Crippen LogP contribution in [0.1, 0.15) is 71.6 Å². The minimum Gasteiger partial charge on any atom is -0.352 e. The van der Waals surface area contributed by atoms with Crippen LogP contribution in [0.5, 0.6) is 0 Å². The van der Waals surface area contributed by atoms with Crippen molar-refractivity contribution in [3.8, 4) is 0 Å². The molecule has 0 radical (unpaired) electrons. The van der Waals surface area contributed by atoms with Crippen molar-refractivity contribution in [3.63, 3.8) is 0 Å². The van der Waals surface area contributed by atoms with Crippen LogP contribution in [0.25, 0.3) is 0 Å². The maximum absolute atomic E-state index is 13.4. The molecule has 4 aliphatic carbocycles. The van der Waals surface area contributed by atoms with Gasteiger partial charge >= 0.3 is 0 Å². The number of hydrogen-bond acceptors (Lipinski definition) is 4. The summed E-state index contributed by atoms with van der Waals surface area (Å²) in [7, 11) is 0. The Hall–Kier alpha value is -1.36. The molecule has 1 saturated heterocycles. The zero-order valence-corrected chi connectivity index (χ0v) is 19.5. The van der Waals surface area contributed by atoms with Crippen molar-refractivity contribution in [2.45, 2.75) is 82.7 Å². The van der Waals surface area contributed by atoms with Crippen LogP contribution in [-0.4, -0.2) is 22.0 Å². The molecule has 4 unspecified atom stereocenters. The Labute approximate surface area is 189 Å². The molecule has 5 heteroatoms. The van der Waals surface area contributed by atoms with Gasteiger partial charge < -0.3 is 5.32 Å². The van der Waals surface area contributed by atoms with E-state index in [2.05, 4.69) is 24.1 Å². The quantitative estimate of drug-likeness (QED) is 0.643. The number of thioether (sulfide) groups is 1. The molecule has 6 rings (SSSR count). The Morgan fingerprint density at radius 2 is 1.87 bits per heavy atom. The minimum atomic E-state index is 0.122. The number of fused-ring (bicyclic) bond motifs is 6. The number of nitrogens with one attached hydrogen (secondary N) is 1. The van der Waals surface area contributed by atoms with Gasteiger partial charge in [0.25, 0.3) is 0 Å². The van der Waals surface area contributed by atoms with Crippen molar-refractivity contribution in [2.75, 3.05) is 0 Å². The Bertz CT molecular complexity index is 915. The number of aromatic nitrogens is 1. The lowest BCUT2D eigenvalue weighted by molar-refractivity contribution is -0.148. The summed E-state index contributed by atoms with van der Waals surface area (Å²) in [6, 6.07) is 6.20. The monoisotopic (exact) mass is 438 g/mol. The Kier molecular flexibility index (Phi) is 4.46. The van der Waals surface area contributed by atoms with E-state index in [0.717, 1.165) is 30.2 Å². The zero-order valence-electron chi connectivity index (χ0n) is 18.7. The van der Waals surface area contributed by atoms with Gasteiger partial charge in [0.05, 0.1) is 0 Å². The predicted molar refractivity (Wildman–Crippen MR) is 121 cm³/mol. The van der Waals surface area contributed by atoms with Crippen LogP contribution in [-0.2, 0) is 9.59 Å². The second-order valence-corrected chi connectivity index (χ2v) is 12.7. The van der Waals surface area contributed by atoms with Crippen molar-refractivity contribution in [1.29, 1.82) is 0 Å². The molecule has 1 amide bonds. The summed E-state index contributed by atoms with van der Waals surface area (Å²) in [5, 5.41) is 4.62. The van der Waals surface area contributed by atoms with Gasteiger partial charge in [-0.25, -0.2) is 4.98 Å². The largest absolute Gasteiger partial charge is 0.352 e. The molecule has 31 heavy (non-hydrogen) atoms. The number of amides is 1. The highest BCUT2D eigenvalue weighted by atomic mass is 32.2. The molecule has 1 aliphatic heterocycles. The molecule has 0 aromatic carbocycles. The molecule has 4 nitrogen and oxygen atoms in total. The lowest BCUT2D eigenvalue weighted by atomic mass is 9.44. The Balaban J connectivity index is 1.27. The van der Waals surface area contributed by atoms with E-state index < -0.39 is 0 Å². The van der Waals surface area contributed by atoms with E-state index in [-0.39, 0.29) is 22.7 Å². The van der Waals surface area contributed by atoms with Gasteiger partial charge in [-0.1, -0.05) is 19.9 Å². The van der Waals surface area contributed by atoms with Gasteiger partial charge in [0.1, 0.15) is 5.03 Å². The third-order valence-corrected chi connectivity index (χ3v) is 11.4. The summed E-state index contributed by atoms with van der Waals surface area (Å²) < 4.78 is 0. The van der Waals surface area contributed by atoms with Gasteiger partial charge in [-0.05, 0) is 109 Å². The highest BCUT2D eigenvalue weighted by Crippen LogP contribution is 2.72. The maximum atomic E-state index is 13.4. The number of carbonyl (C=O) groups is 2. The Morgan fingerprint density at radius 3 is 2.61 bits per heavy atom. The molecule has 1 aromatic rings.